The Balaban J connectivity index is 2.67. The molecule has 0 aromatic carbocycles. The summed E-state index contributed by atoms with van der Waals surface area (Å²) in [6.07, 6.45) is 0. The molecule has 7 nitrogen and oxygen atoms in total. The van der Waals surface area contributed by atoms with Gasteiger partial charge in [0.2, 0.25) is 5.91 Å². The van der Waals surface area contributed by atoms with Crippen molar-refractivity contribution >= 4 is 17.5 Å². The first kappa shape index (κ1) is 12.2. The maximum absolute atomic E-state index is 11.3. The number of hydrogen-bond donors (Lipinski definition) is 3. The van der Waals surface area contributed by atoms with E-state index in [2.05, 4.69) is 20.7 Å². The molecule has 7 heteroatoms. The van der Waals surface area contributed by atoms with Crippen LogP contribution in [0.2, 0.25) is 0 Å². The Bertz CT molecular complexity index is 378. The molecule has 0 saturated heterocycles. The molecule has 1 aromatic heterocycles. The second-order valence-corrected chi connectivity index (χ2v) is 3.47. The SMILES string of the molecule is Cc1nc(NN)cc(NCC(=O)N(C)C)n1. The summed E-state index contributed by atoms with van der Waals surface area (Å²) in [5.74, 6) is 6.87. The maximum atomic E-state index is 11.3. The van der Waals surface area contributed by atoms with Gasteiger partial charge < -0.3 is 15.6 Å². The Morgan fingerprint density at radius 1 is 1.44 bits per heavy atom. The van der Waals surface area contributed by atoms with Gasteiger partial charge in [0.1, 0.15) is 17.5 Å². The number of anilines is 2. The van der Waals surface area contributed by atoms with Crippen LogP contribution in [0.3, 0.4) is 0 Å². The smallest absolute Gasteiger partial charge is 0.241 e. The second kappa shape index (κ2) is 5.26. The Labute approximate surface area is 94.0 Å². The molecule has 1 rings (SSSR count). The van der Waals surface area contributed by atoms with Crippen molar-refractivity contribution in [2.45, 2.75) is 6.92 Å². The molecule has 0 spiro atoms. The van der Waals surface area contributed by atoms with Crippen LogP contribution < -0.4 is 16.6 Å². The van der Waals surface area contributed by atoms with E-state index in [9.17, 15) is 4.79 Å². The normalized spacial score (nSPS) is 9.75. The van der Waals surface area contributed by atoms with Crippen LogP contribution in [0.25, 0.3) is 0 Å². The summed E-state index contributed by atoms with van der Waals surface area (Å²) in [5, 5.41) is 2.90. The molecule has 0 bridgehead atoms. The Morgan fingerprint density at radius 3 is 2.62 bits per heavy atom. The number of carbonyl (C=O) groups excluding carboxylic acids is 1. The van der Waals surface area contributed by atoms with Gasteiger partial charge in [-0.1, -0.05) is 0 Å². The van der Waals surface area contributed by atoms with Crippen molar-refractivity contribution in [3.63, 3.8) is 0 Å². The number of nitrogen functional groups attached to an aromatic ring is 1. The second-order valence-electron chi connectivity index (χ2n) is 3.47. The quantitative estimate of drug-likeness (QED) is 0.474. The fourth-order valence-corrected chi connectivity index (χ4v) is 1.06. The highest BCUT2D eigenvalue weighted by atomic mass is 16.2. The van der Waals surface area contributed by atoms with Crippen LogP contribution in [0.1, 0.15) is 5.82 Å². The summed E-state index contributed by atoms with van der Waals surface area (Å²) in [5.41, 5.74) is 2.43. The summed E-state index contributed by atoms with van der Waals surface area (Å²) in [6, 6.07) is 1.63. The van der Waals surface area contributed by atoms with Crippen LogP contribution in [0.4, 0.5) is 11.6 Å². The lowest BCUT2D eigenvalue weighted by molar-refractivity contribution is -0.126. The van der Waals surface area contributed by atoms with Crippen molar-refractivity contribution in [1.29, 1.82) is 0 Å². The molecule has 88 valence electrons. The fraction of sp³-hybridized carbons (Fsp3) is 0.444. The zero-order valence-electron chi connectivity index (χ0n) is 9.61. The lowest BCUT2D eigenvalue weighted by atomic mass is 10.4. The van der Waals surface area contributed by atoms with Crippen LogP contribution in [0, 0.1) is 6.92 Å². The van der Waals surface area contributed by atoms with Crippen LogP contribution in [0.5, 0.6) is 0 Å². The van der Waals surface area contributed by atoms with E-state index in [-0.39, 0.29) is 12.5 Å². The number of nitrogens with two attached hydrogens (primary N) is 1. The van der Waals surface area contributed by atoms with E-state index in [4.69, 9.17) is 5.84 Å². The van der Waals surface area contributed by atoms with Gasteiger partial charge in [0.25, 0.3) is 0 Å². The average Bonchev–Trinajstić information content (AvgIpc) is 2.24. The molecule has 1 amide bonds. The minimum Gasteiger partial charge on any atom is -0.361 e. The van der Waals surface area contributed by atoms with Crippen molar-refractivity contribution in [2.75, 3.05) is 31.4 Å². The minimum absolute atomic E-state index is 0.0291. The maximum Gasteiger partial charge on any atom is 0.241 e. The first-order valence-electron chi connectivity index (χ1n) is 4.79. The predicted molar refractivity (Wildman–Crippen MR) is 61.8 cm³/mol. The van der Waals surface area contributed by atoms with E-state index in [1.54, 1.807) is 27.1 Å². The number of nitrogens with zero attached hydrogens (tertiary/aromatic N) is 3. The van der Waals surface area contributed by atoms with E-state index in [0.717, 1.165) is 0 Å². The third kappa shape index (κ3) is 3.35. The Hall–Kier alpha value is -1.89. The number of aromatic nitrogens is 2. The lowest BCUT2D eigenvalue weighted by Crippen LogP contribution is -2.29. The molecule has 0 aliphatic rings. The first-order chi connectivity index (χ1) is 7.52. The van der Waals surface area contributed by atoms with Gasteiger partial charge in [-0.3, -0.25) is 4.79 Å². The molecule has 0 atom stereocenters. The molecule has 4 N–H and O–H groups in total. The van der Waals surface area contributed by atoms with Gasteiger partial charge >= 0.3 is 0 Å². The van der Waals surface area contributed by atoms with Crippen LogP contribution >= 0.6 is 0 Å². The zero-order chi connectivity index (χ0) is 12.1. The van der Waals surface area contributed by atoms with Gasteiger partial charge in [0, 0.05) is 20.2 Å². The highest BCUT2D eigenvalue weighted by Gasteiger charge is 2.05. The zero-order valence-corrected chi connectivity index (χ0v) is 9.61. The molecule has 0 saturated carbocycles. The number of hydrazine groups is 1. The number of likely N-dealkylation sites (N-methyl/N-ethyl adjacent to an activating group) is 1. The van der Waals surface area contributed by atoms with Crippen molar-refractivity contribution in [2.24, 2.45) is 5.84 Å². The van der Waals surface area contributed by atoms with Gasteiger partial charge in [-0.05, 0) is 6.92 Å². The molecule has 0 aliphatic heterocycles. The number of carbonyl (C=O) groups is 1. The van der Waals surface area contributed by atoms with Crippen molar-refractivity contribution in [1.82, 2.24) is 14.9 Å². The van der Waals surface area contributed by atoms with E-state index in [1.165, 1.54) is 4.90 Å². The van der Waals surface area contributed by atoms with E-state index in [1.807, 2.05) is 0 Å². The highest BCUT2D eigenvalue weighted by Crippen LogP contribution is 2.09. The summed E-state index contributed by atoms with van der Waals surface area (Å²) < 4.78 is 0. The third-order valence-electron chi connectivity index (χ3n) is 1.91. The summed E-state index contributed by atoms with van der Waals surface area (Å²) >= 11 is 0. The minimum atomic E-state index is -0.0291. The molecular formula is C9H16N6O. The van der Waals surface area contributed by atoms with Crippen molar-refractivity contribution in [3.05, 3.63) is 11.9 Å². The van der Waals surface area contributed by atoms with Crippen LogP contribution in [-0.2, 0) is 4.79 Å². The predicted octanol–water partition coefficient (Wildman–Crippen LogP) is -0.429. The Kier molecular flexibility index (Phi) is 4.01. The Morgan fingerprint density at radius 2 is 2.06 bits per heavy atom. The lowest BCUT2D eigenvalue weighted by Gasteiger charge is -2.12. The van der Waals surface area contributed by atoms with Crippen molar-refractivity contribution in [3.8, 4) is 0 Å². The molecule has 0 unspecified atom stereocenters. The van der Waals surface area contributed by atoms with Gasteiger partial charge in [0.15, 0.2) is 0 Å². The van der Waals surface area contributed by atoms with E-state index < -0.39 is 0 Å². The van der Waals surface area contributed by atoms with E-state index in [0.29, 0.717) is 17.5 Å². The number of hydrogen-bond acceptors (Lipinski definition) is 6. The van der Waals surface area contributed by atoms with Gasteiger partial charge in [0.05, 0.1) is 6.54 Å². The monoisotopic (exact) mass is 224 g/mol. The molecule has 1 heterocycles. The number of rotatable bonds is 4. The number of amides is 1. The molecule has 0 radical (unpaired) electrons. The standard InChI is InChI=1S/C9H16N6O/c1-6-12-7(4-8(13-6)14-10)11-5-9(16)15(2)3/h4H,5,10H2,1-3H3,(H2,11,12,13,14). The number of aryl methyl sites for hydroxylation is 1. The fourth-order valence-electron chi connectivity index (χ4n) is 1.06. The van der Waals surface area contributed by atoms with Gasteiger partial charge in [-0.2, -0.15) is 0 Å². The first-order valence-corrected chi connectivity index (χ1v) is 4.79. The largest absolute Gasteiger partial charge is 0.361 e. The molecular weight excluding hydrogens is 208 g/mol. The third-order valence-corrected chi connectivity index (χ3v) is 1.91. The van der Waals surface area contributed by atoms with Crippen LogP contribution in [0.15, 0.2) is 6.07 Å². The molecule has 1 aromatic rings. The molecule has 16 heavy (non-hydrogen) atoms. The molecule has 0 fully saturated rings. The summed E-state index contributed by atoms with van der Waals surface area (Å²) in [7, 11) is 3.39. The summed E-state index contributed by atoms with van der Waals surface area (Å²) in [4.78, 5) is 21.0. The summed E-state index contributed by atoms with van der Waals surface area (Å²) in [6.45, 7) is 1.94. The van der Waals surface area contributed by atoms with E-state index >= 15 is 0 Å². The van der Waals surface area contributed by atoms with Gasteiger partial charge in [-0.15, -0.1) is 0 Å². The van der Waals surface area contributed by atoms with Crippen molar-refractivity contribution < 1.29 is 4.79 Å². The topological polar surface area (TPSA) is 96.2 Å². The highest BCUT2D eigenvalue weighted by molar-refractivity contribution is 5.80. The molecule has 0 aliphatic carbocycles. The van der Waals surface area contributed by atoms with Gasteiger partial charge in [-0.25, -0.2) is 15.8 Å². The number of nitrogens with one attached hydrogen (secondary N) is 2. The average molecular weight is 224 g/mol. The van der Waals surface area contributed by atoms with Crippen LogP contribution in [-0.4, -0.2) is 41.4 Å².